The van der Waals surface area contributed by atoms with Crippen LogP contribution in [-0.4, -0.2) is 40.5 Å². The summed E-state index contributed by atoms with van der Waals surface area (Å²) in [6.45, 7) is 1.05. The molecule has 0 saturated heterocycles. The first-order valence-electron chi connectivity index (χ1n) is 12.0. The lowest BCUT2D eigenvalue weighted by Gasteiger charge is -2.23. The Labute approximate surface area is 219 Å². The number of hydrogen-bond acceptors (Lipinski definition) is 6. The van der Waals surface area contributed by atoms with Crippen LogP contribution in [0.4, 0.5) is 4.79 Å². The number of carbonyl (C=O) groups excluding carboxylic acids is 1. The molecule has 192 valence electrons. The normalized spacial score (nSPS) is 11.7. The summed E-state index contributed by atoms with van der Waals surface area (Å²) >= 11 is 0. The van der Waals surface area contributed by atoms with Crippen molar-refractivity contribution >= 4 is 12.1 Å². The van der Waals surface area contributed by atoms with Crippen molar-refractivity contribution in [3.63, 3.8) is 0 Å². The van der Waals surface area contributed by atoms with Crippen LogP contribution in [0.3, 0.4) is 0 Å². The SMILES string of the molecule is O=C(O)Oc1cc(-c2ccc(CN(CCc3ccccc3)C(=O)c3ccc4c(c3)OCO4)cc2)ccc1O. The number of amides is 1. The van der Waals surface area contributed by atoms with E-state index in [0.717, 1.165) is 16.7 Å². The third-order valence-electron chi connectivity index (χ3n) is 6.24. The Bertz CT molecular complexity index is 1450. The molecule has 1 heterocycles. The van der Waals surface area contributed by atoms with E-state index in [1.165, 1.54) is 12.1 Å². The second kappa shape index (κ2) is 11.0. The van der Waals surface area contributed by atoms with Crippen LogP contribution in [0.25, 0.3) is 11.1 Å². The fourth-order valence-electron chi connectivity index (χ4n) is 4.27. The van der Waals surface area contributed by atoms with E-state index in [9.17, 15) is 14.7 Å². The van der Waals surface area contributed by atoms with Crippen LogP contribution in [0.15, 0.2) is 91.0 Å². The molecule has 0 fully saturated rings. The Morgan fingerprint density at radius 2 is 1.55 bits per heavy atom. The van der Waals surface area contributed by atoms with Gasteiger partial charge in [0.2, 0.25) is 6.79 Å². The molecule has 2 N–H and O–H groups in total. The molecular weight excluding hydrogens is 486 g/mol. The number of phenolic OH excluding ortho intramolecular Hbond substituents is 1. The number of rotatable bonds is 8. The number of carbonyl (C=O) groups is 2. The molecule has 0 atom stereocenters. The molecule has 1 amide bonds. The van der Waals surface area contributed by atoms with E-state index in [1.807, 2.05) is 54.6 Å². The van der Waals surface area contributed by atoms with E-state index >= 15 is 0 Å². The molecule has 1 aliphatic heterocycles. The highest BCUT2D eigenvalue weighted by Gasteiger charge is 2.21. The summed E-state index contributed by atoms with van der Waals surface area (Å²) in [6, 6.07) is 27.3. The number of carboxylic acid groups (broad SMARTS) is 1. The minimum Gasteiger partial charge on any atom is -0.504 e. The molecule has 8 heteroatoms. The molecule has 38 heavy (non-hydrogen) atoms. The average molecular weight is 512 g/mol. The van der Waals surface area contributed by atoms with Crippen LogP contribution >= 0.6 is 0 Å². The van der Waals surface area contributed by atoms with Gasteiger partial charge in [0.25, 0.3) is 5.91 Å². The first-order valence-corrected chi connectivity index (χ1v) is 12.0. The van der Waals surface area contributed by atoms with Crippen LogP contribution in [0.1, 0.15) is 21.5 Å². The summed E-state index contributed by atoms with van der Waals surface area (Å²) in [5.41, 5.74) is 4.08. The maximum atomic E-state index is 13.6. The number of benzene rings is 4. The van der Waals surface area contributed by atoms with Gasteiger partial charge < -0.3 is 29.3 Å². The first kappa shape index (κ1) is 24.7. The second-order valence-electron chi connectivity index (χ2n) is 8.78. The summed E-state index contributed by atoms with van der Waals surface area (Å²) in [4.78, 5) is 26.3. The van der Waals surface area contributed by atoms with Gasteiger partial charge in [-0.1, -0.05) is 60.7 Å². The quantitative estimate of drug-likeness (QED) is 0.230. The molecule has 0 unspecified atom stereocenters. The van der Waals surface area contributed by atoms with Crippen LogP contribution in [-0.2, 0) is 13.0 Å². The summed E-state index contributed by atoms with van der Waals surface area (Å²) < 4.78 is 15.5. The molecule has 0 radical (unpaired) electrons. The molecule has 8 nitrogen and oxygen atoms in total. The minimum atomic E-state index is -1.50. The van der Waals surface area contributed by atoms with Crippen molar-refractivity contribution in [1.82, 2.24) is 4.90 Å². The van der Waals surface area contributed by atoms with E-state index in [4.69, 9.17) is 14.6 Å². The fourth-order valence-corrected chi connectivity index (χ4v) is 4.27. The van der Waals surface area contributed by atoms with Crippen LogP contribution in [0.5, 0.6) is 23.0 Å². The van der Waals surface area contributed by atoms with Gasteiger partial charge in [-0.05, 0) is 59.0 Å². The van der Waals surface area contributed by atoms with Crippen LogP contribution < -0.4 is 14.2 Å². The summed E-state index contributed by atoms with van der Waals surface area (Å²) in [5.74, 6) is 0.670. The van der Waals surface area contributed by atoms with E-state index in [0.29, 0.717) is 42.1 Å². The van der Waals surface area contributed by atoms with Crippen molar-refractivity contribution in [2.75, 3.05) is 13.3 Å². The van der Waals surface area contributed by atoms with E-state index < -0.39 is 6.16 Å². The molecule has 0 spiro atoms. The van der Waals surface area contributed by atoms with E-state index in [-0.39, 0.29) is 24.2 Å². The standard InChI is InChI=1S/C30H25NO7/c32-25-12-10-23(16-27(25)38-30(34)35)22-8-6-21(7-9-22)18-31(15-14-20-4-2-1-3-5-20)29(33)24-11-13-26-28(17-24)37-19-36-26/h1-13,16-17,32H,14-15,18-19H2,(H,34,35). The smallest absolute Gasteiger partial charge is 0.504 e. The van der Waals surface area contributed by atoms with Crippen LogP contribution in [0.2, 0.25) is 0 Å². The molecule has 4 aromatic carbocycles. The van der Waals surface area contributed by atoms with Crippen molar-refractivity contribution in [2.45, 2.75) is 13.0 Å². The fraction of sp³-hybridized carbons (Fsp3) is 0.133. The Morgan fingerprint density at radius 3 is 2.32 bits per heavy atom. The van der Waals surface area contributed by atoms with Crippen molar-refractivity contribution in [3.05, 3.63) is 108 Å². The average Bonchev–Trinajstić information content (AvgIpc) is 3.41. The van der Waals surface area contributed by atoms with E-state index in [1.54, 1.807) is 29.2 Å². The Hall–Kier alpha value is -4.98. The lowest BCUT2D eigenvalue weighted by molar-refractivity contribution is 0.0744. The highest BCUT2D eigenvalue weighted by molar-refractivity contribution is 5.95. The largest absolute Gasteiger partial charge is 0.511 e. The zero-order valence-electron chi connectivity index (χ0n) is 20.4. The number of hydrogen-bond donors (Lipinski definition) is 2. The molecule has 0 aromatic heterocycles. The molecule has 5 rings (SSSR count). The molecule has 0 bridgehead atoms. The zero-order chi connectivity index (χ0) is 26.5. The van der Waals surface area contributed by atoms with E-state index in [2.05, 4.69) is 4.74 Å². The number of fused-ring (bicyclic) bond motifs is 1. The van der Waals surface area contributed by atoms with Gasteiger partial charge in [0.05, 0.1) is 0 Å². The van der Waals surface area contributed by atoms with Crippen molar-refractivity contribution in [1.29, 1.82) is 0 Å². The Morgan fingerprint density at radius 1 is 0.816 bits per heavy atom. The number of ether oxygens (including phenoxy) is 3. The second-order valence-corrected chi connectivity index (χ2v) is 8.78. The lowest BCUT2D eigenvalue weighted by atomic mass is 10.0. The van der Waals surface area contributed by atoms with Gasteiger partial charge in [-0.2, -0.15) is 0 Å². The Balaban J connectivity index is 1.36. The van der Waals surface area contributed by atoms with Crippen molar-refractivity contribution < 1.29 is 34.0 Å². The topological polar surface area (TPSA) is 106 Å². The number of aromatic hydroxyl groups is 1. The zero-order valence-corrected chi connectivity index (χ0v) is 20.4. The molecule has 1 aliphatic rings. The lowest BCUT2D eigenvalue weighted by Crippen LogP contribution is -2.32. The number of nitrogens with zero attached hydrogens (tertiary/aromatic N) is 1. The minimum absolute atomic E-state index is 0.114. The van der Waals surface area contributed by atoms with Gasteiger partial charge in [-0.25, -0.2) is 4.79 Å². The maximum Gasteiger partial charge on any atom is 0.511 e. The summed E-state index contributed by atoms with van der Waals surface area (Å²) in [7, 11) is 0. The predicted octanol–water partition coefficient (Wildman–Crippen LogP) is 5.73. The molecule has 0 aliphatic carbocycles. The van der Waals surface area contributed by atoms with Gasteiger partial charge in [0.15, 0.2) is 23.0 Å². The van der Waals surface area contributed by atoms with Gasteiger partial charge in [0, 0.05) is 18.7 Å². The van der Waals surface area contributed by atoms with Gasteiger partial charge in [-0.3, -0.25) is 4.79 Å². The summed E-state index contributed by atoms with van der Waals surface area (Å²) in [5, 5.41) is 18.7. The Kier molecular flexibility index (Phi) is 7.13. The van der Waals surface area contributed by atoms with Gasteiger partial charge in [-0.15, -0.1) is 0 Å². The molecule has 0 saturated carbocycles. The highest BCUT2D eigenvalue weighted by atomic mass is 16.7. The van der Waals surface area contributed by atoms with Crippen molar-refractivity contribution in [3.8, 4) is 34.1 Å². The van der Waals surface area contributed by atoms with Crippen LogP contribution in [0, 0.1) is 0 Å². The highest BCUT2D eigenvalue weighted by Crippen LogP contribution is 2.34. The predicted molar refractivity (Wildman–Crippen MR) is 140 cm³/mol. The van der Waals surface area contributed by atoms with Crippen molar-refractivity contribution in [2.24, 2.45) is 0 Å². The number of phenols is 1. The first-order chi connectivity index (χ1) is 18.5. The third-order valence-corrected chi connectivity index (χ3v) is 6.24. The maximum absolute atomic E-state index is 13.6. The van der Waals surface area contributed by atoms with Gasteiger partial charge in [0.1, 0.15) is 0 Å². The summed E-state index contributed by atoms with van der Waals surface area (Å²) in [6.07, 6.45) is -0.801. The monoisotopic (exact) mass is 511 g/mol. The van der Waals surface area contributed by atoms with Gasteiger partial charge >= 0.3 is 6.16 Å². The molecule has 4 aromatic rings. The third kappa shape index (κ3) is 5.70. The molecular formula is C30H25NO7.